The molecule has 0 saturated carbocycles. The van der Waals surface area contributed by atoms with Crippen molar-refractivity contribution >= 4 is 33.2 Å². The summed E-state index contributed by atoms with van der Waals surface area (Å²) in [7, 11) is 0. The van der Waals surface area contributed by atoms with Crippen LogP contribution in [0, 0.1) is 0 Å². The molecule has 122 valence electrons. The van der Waals surface area contributed by atoms with Gasteiger partial charge in [0.1, 0.15) is 0 Å². The first-order valence-electron chi connectivity index (χ1n) is 7.63. The minimum absolute atomic E-state index is 0.0349. The predicted molar refractivity (Wildman–Crippen MR) is 95.9 cm³/mol. The second kappa shape index (κ2) is 8.06. The van der Waals surface area contributed by atoms with Crippen LogP contribution >= 0.6 is 27.3 Å². The fourth-order valence-electron chi connectivity index (χ4n) is 2.67. The smallest absolute Gasteiger partial charge is 0.251 e. The van der Waals surface area contributed by atoms with E-state index in [1.165, 1.54) is 4.88 Å². The summed E-state index contributed by atoms with van der Waals surface area (Å²) in [4.78, 5) is 16.0. The highest BCUT2D eigenvalue weighted by molar-refractivity contribution is 9.10. The number of rotatable bonds is 5. The molecule has 3 rings (SSSR count). The zero-order chi connectivity index (χ0) is 16.1. The van der Waals surface area contributed by atoms with E-state index in [9.17, 15) is 4.79 Å². The highest BCUT2D eigenvalue weighted by Crippen LogP contribution is 2.25. The van der Waals surface area contributed by atoms with Crippen LogP contribution in [-0.2, 0) is 4.74 Å². The number of carbonyl (C=O) groups excluding carboxylic acids is 1. The van der Waals surface area contributed by atoms with E-state index in [1.807, 2.05) is 24.3 Å². The van der Waals surface area contributed by atoms with Crippen molar-refractivity contribution in [3.63, 3.8) is 0 Å². The third-order valence-electron chi connectivity index (χ3n) is 3.92. The summed E-state index contributed by atoms with van der Waals surface area (Å²) in [6, 6.07) is 11.8. The Kier molecular flexibility index (Phi) is 5.83. The maximum absolute atomic E-state index is 12.3. The van der Waals surface area contributed by atoms with Gasteiger partial charge >= 0.3 is 0 Å². The van der Waals surface area contributed by atoms with Crippen LogP contribution in [-0.4, -0.2) is 43.7 Å². The lowest BCUT2D eigenvalue weighted by atomic mass is 10.1. The second-order valence-corrected chi connectivity index (χ2v) is 7.29. The molecule has 4 nitrogen and oxygen atoms in total. The van der Waals surface area contributed by atoms with Gasteiger partial charge in [0, 0.05) is 34.5 Å². The first-order valence-corrected chi connectivity index (χ1v) is 9.30. The van der Waals surface area contributed by atoms with Gasteiger partial charge in [0.25, 0.3) is 5.91 Å². The Morgan fingerprint density at radius 3 is 2.65 bits per heavy atom. The lowest BCUT2D eigenvalue weighted by molar-refractivity contribution is 0.0169. The maximum Gasteiger partial charge on any atom is 0.251 e. The summed E-state index contributed by atoms with van der Waals surface area (Å²) in [6.07, 6.45) is 0. The van der Waals surface area contributed by atoms with Gasteiger partial charge in [-0.15, -0.1) is 11.3 Å². The molecule has 2 aromatic rings. The normalized spacial score (nSPS) is 16.9. The van der Waals surface area contributed by atoms with Crippen molar-refractivity contribution in [1.29, 1.82) is 0 Å². The van der Waals surface area contributed by atoms with Gasteiger partial charge in [0.2, 0.25) is 0 Å². The summed E-state index contributed by atoms with van der Waals surface area (Å²) >= 11 is 5.12. The molecule has 1 fully saturated rings. The van der Waals surface area contributed by atoms with Crippen LogP contribution in [0.2, 0.25) is 0 Å². The average Bonchev–Trinajstić information content (AvgIpc) is 3.11. The highest BCUT2D eigenvalue weighted by atomic mass is 79.9. The van der Waals surface area contributed by atoms with E-state index in [0.29, 0.717) is 12.1 Å². The number of hydrogen-bond acceptors (Lipinski definition) is 4. The molecule has 1 saturated heterocycles. The lowest BCUT2D eigenvalue weighted by Gasteiger charge is -2.34. The number of amides is 1. The highest BCUT2D eigenvalue weighted by Gasteiger charge is 2.24. The molecular weight excluding hydrogens is 376 g/mol. The molecule has 0 radical (unpaired) electrons. The number of morpholine rings is 1. The summed E-state index contributed by atoms with van der Waals surface area (Å²) in [5.41, 5.74) is 0.681. The van der Waals surface area contributed by atoms with Crippen LogP contribution in [0.4, 0.5) is 0 Å². The van der Waals surface area contributed by atoms with Crippen LogP contribution in [0.5, 0.6) is 0 Å². The van der Waals surface area contributed by atoms with E-state index >= 15 is 0 Å². The standard InChI is InChI=1S/C17H19BrN2O2S/c18-14-5-3-13(4-6-14)17(21)19-12-15(16-2-1-11-23-16)20-7-9-22-10-8-20/h1-6,11,15H,7-10,12H2,(H,19,21). The quantitative estimate of drug-likeness (QED) is 0.845. The van der Waals surface area contributed by atoms with Crippen molar-refractivity contribution < 1.29 is 9.53 Å². The first kappa shape index (κ1) is 16.6. The molecule has 1 aliphatic rings. The van der Waals surface area contributed by atoms with Crippen LogP contribution in [0.15, 0.2) is 46.3 Å². The van der Waals surface area contributed by atoms with Crippen LogP contribution in [0.25, 0.3) is 0 Å². The van der Waals surface area contributed by atoms with Crippen LogP contribution < -0.4 is 5.32 Å². The van der Waals surface area contributed by atoms with Gasteiger partial charge in [0.05, 0.1) is 19.3 Å². The molecule has 1 aromatic carbocycles. The summed E-state index contributed by atoms with van der Waals surface area (Å²) in [6.45, 7) is 3.91. The fourth-order valence-corrected chi connectivity index (χ4v) is 3.80. The van der Waals surface area contributed by atoms with Crippen LogP contribution in [0.1, 0.15) is 21.3 Å². The monoisotopic (exact) mass is 394 g/mol. The second-order valence-electron chi connectivity index (χ2n) is 5.40. The van der Waals surface area contributed by atoms with Gasteiger partial charge in [-0.3, -0.25) is 9.69 Å². The molecule has 1 unspecified atom stereocenters. The molecule has 1 amide bonds. The molecule has 1 aliphatic heterocycles. The third-order valence-corrected chi connectivity index (χ3v) is 5.42. The summed E-state index contributed by atoms with van der Waals surface area (Å²) in [5, 5.41) is 5.16. The molecule has 1 N–H and O–H groups in total. The van der Waals surface area contributed by atoms with Crippen LogP contribution in [0.3, 0.4) is 0 Å². The number of ether oxygens (including phenoxy) is 1. The zero-order valence-corrected chi connectivity index (χ0v) is 15.1. The van der Waals surface area contributed by atoms with Gasteiger partial charge in [-0.2, -0.15) is 0 Å². The van der Waals surface area contributed by atoms with Gasteiger partial charge in [-0.1, -0.05) is 22.0 Å². The molecule has 0 bridgehead atoms. The van der Waals surface area contributed by atoms with E-state index in [2.05, 4.69) is 43.7 Å². The zero-order valence-electron chi connectivity index (χ0n) is 12.7. The molecule has 1 atom stereocenters. The number of benzene rings is 1. The Labute approximate surface area is 148 Å². The number of carbonyl (C=O) groups is 1. The topological polar surface area (TPSA) is 41.6 Å². The van der Waals surface area contributed by atoms with E-state index < -0.39 is 0 Å². The van der Waals surface area contributed by atoms with Gasteiger partial charge in [-0.25, -0.2) is 0 Å². The van der Waals surface area contributed by atoms with Crippen molar-refractivity contribution in [2.24, 2.45) is 0 Å². The molecule has 23 heavy (non-hydrogen) atoms. The number of halogens is 1. The first-order chi connectivity index (χ1) is 11.2. The summed E-state index contributed by atoms with van der Waals surface area (Å²) < 4.78 is 6.41. The van der Waals surface area contributed by atoms with E-state index in [4.69, 9.17) is 4.74 Å². The Bertz CT molecular complexity index is 625. The largest absolute Gasteiger partial charge is 0.379 e. The fraction of sp³-hybridized carbons (Fsp3) is 0.353. The third kappa shape index (κ3) is 4.41. The SMILES string of the molecule is O=C(NCC(c1cccs1)N1CCOCC1)c1ccc(Br)cc1. The Balaban J connectivity index is 1.66. The van der Waals surface area contributed by atoms with Gasteiger partial charge in [0.15, 0.2) is 0 Å². The molecule has 6 heteroatoms. The van der Waals surface area contributed by atoms with Gasteiger partial charge < -0.3 is 10.1 Å². The molecular formula is C17H19BrN2O2S. The van der Waals surface area contributed by atoms with Crippen molar-refractivity contribution in [3.8, 4) is 0 Å². The van der Waals surface area contributed by atoms with Crippen molar-refractivity contribution in [3.05, 3.63) is 56.7 Å². The number of nitrogens with one attached hydrogen (secondary N) is 1. The van der Waals surface area contributed by atoms with E-state index in [1.54, 1.807) is 11.3 Å². The van der Waals surface area contributed by atoms with Crippen molar-refractivity contribution in [1.82, 2.24) is 10.2 Å². The average molecular weight is 395 g/mol. The molecule has 0 spiro atoms. The Morgan fingerprint density at radius 2 is 2.00 bits per heavy atom. The number of hydrogen-bond donors (Lipinski definition) is 1. The summed E-state index contributed by atoms with van der Waals surface area (Å²) in [5.74, 6) is -0.0349. The molecule has 2 heterocycles. The van der Waals surface area contributed by atoms with Crippen molar-refractivity contribution in [2.75, 3.05) is 32.8 Å². The Morgan fingerprint density at radius 1 is 1.26 bits per heavy atom. The predicted octanol–water partition coefficient (Wildman–Crippen LogP) is 3.31. The van der Waals surface area contributed by atoms with Crippen molar-refractivity contribution in [2.45, 2.75) is 6.04 Å². The van der Waals surface area contributed by atoms with E-state index in [-0.39, 0.29) is 11.9 Å². The minimum atomic E-state index is -0.0349. The number of nitrogens with zero attached hydrogens (tertiary/aromatic N) is 1. The molecule has 1 aromatic heterocycles. The molecule has 0 aliphatic carbocycles. The Hall–Kier alpha value is -1.21. The lowest BCUT2D eigenvalue weighted by Crippen LogP contribution is -2.43. The number of thiophene rings is 1. The van der Waals surface area contributed by atoms with E-state index in [0.717, 1.165) is 30.8 Å². The van der Waals surface area contributed by atoms with Gasteiger partial charge in [-0.05, 0) is 35.7 Å². The minimum Gasteiger partial charge on any atom is -0.379 e. The maximum atomic E-state index is 12.3.